The Balaban J connectivity index is -0.000000303. The van der Waals surface area contributed by atoms with Gasteiger partial charge in [-0.3, -0.25) is 29.7 Å². The standard InChI is InChI=1S/C30H32N6O4.2CHF3O3S.2Fe.4H2O.O/c37-29(38)21-35(17-25-7-1-3-15-31-25)19-27-11-5-9-23(33-27)13-14-24-10-6-12-28(34-24)20-36(22-30(39)40)18-26-8-2-4-16-32-26;2*2-1(3,4)8(5,6)7;;;;;;;/h1-12,15-16H,13-14,17-22H2,(H,37,38)(H,39,40);2*(H,5,6,7);;;4*1H2;/q;;;2*+4;;;;;-2/p-2. The van der Waals surface area contributed by atoms with Crippen LogP contribution < -0.4 is 10.2 Å². The Morgan fingerprint density at radius 3 is 1.02 bits per heavy atom. The molecule has 0 fully saturated rings. The van der Waals surface area contributed by atoms with E-state index in [1.54, 1.807) is 22.2 Å². The minimum absolute atomic E-state index is 0. The molecule has 354 valence electrons. The third-order valence-corrected chi connectivity index (χ3v) is 7.77. The molecule has 0 amide bonds. The van der Waals surface area contributed by atoms with E-state index < -0.39 is 43.2 Å². The number of halogens is 6. The van der Waals surface area contributed by atoms with Gasteiger partial charge in [-0.05, 0) is 61.4 Å². The quantitative estimate of drug-likeness (QED) is 0.0377. The molecule has 10 N–H and O–H groups in total. The summed E-state index contributed by atoms with van der Waals surface area (Å²) in [6.07, 6.45) is 4.63. The van der Waals surface area contributed by atoms with Gasteiger partial charge in [0.2, 0.25) is 0 Å². The Bertz CT molecular complexity index is 1960. The van der Waals surface area contributed by atoms with Crippen LogP contribution in [0.15, 0.2) is 85.2 Å². The maximum absolute atomic E-state index is 11.3. The molecule has 0 aromatic carbocycles. The van der Waals surface area contributed by atoms with E-state index in [4.69, 9.17) is 35.9 Å². The minimum Gasteiger partial charge on any atom is -2.00 e. The van der Waals surface area contributed by atoms with Crippen LogP contribution in [0.4, 0.5) is 26.3 Å². The number of aryl methyl sites for hydroxylation is 2. The fourth-order valence-electron chi connectivity index (χ4n) is 4.37. The maximum atomic E-state index is 11.3. The summed E-state index contributed by atoms with van der Waals surface area (Å²) in [5, 5.41) is 22.6. The predicted octanol–water partition coefficient (Wildman–Crippen LogP) is -2.96. The molecule has 0 spiro atoms. The van der Waals surface area contributed by atoms with Gasteiger partial charge in [0, 0.05) is 63.1 Å². The van der Waals surface area contributed by atoms with Gasteiger partial charge in [-0.15, -0.1) is 0 Å². The van der Waals surface area contributed by atoms with Crippen molar-refractivity contribution in [3.63, 3.8) is 0 Å². The fourth-order valence-corrected chi connectivity index (χ4v) is 4.37. The van der Waals surface area contributed by atoms with Gasteiger partial charge in [0.05, 0.1) is 34.7 Å². The van der Waals surface area contributed by atoms with Crippen LogP contribution in [0.2, 0.25) is 0 Å². The predicted molar refractivity (Wildman–Crippen MR) is 192 cm³/mol. The first-order chi connectivity index (χ1) is 25.9. The van der Waals surface area contributed by atoms with E-state index in [-0.39, 0.29) is 74.6 Å². The molecule has 4 rings (SSSR count). The number of hydrogen-bond donors (Lipinski definition) is 0. The molecule has 4 heterocycles. The first-order valence-corrected chi connectivity index (χ1v) is 18.3. The van der Waals surface area contributed by atoms with Crippen molar-refractivity contribution in [1.82, 2.24) is 29.7 Å². The Morgan fingerprint density at radius 2 is 0.778 bits per heavy atom. The summed E-state index contributed by atoms with van der Waals surface area (Å²) in [7, 11) is -12.2. The van der Waals surface area contributed by atoms with Crippen LogP contribution in [0.25, 0.3) is 0 Å². The molecule has 21 nitrogen and oxygen atoms in total. The van der Waals surface area contributed by atoms with Crippen LogP contribution in [0.5, 0.6) is 0 Å². The zero-order valence-corrected chi connectivity index (χ0v) is 35.7. The fraction of sp³-hybridized carbons (Fsp3) is 0.312. The van der Waals surface area contributed by atoms with E-state index in [9.17, 15) is 46.1 Å². The summed E-state index contributed by atoms with van der Waals surface area (Å²) >= 11 is 0. The summed E-state index contributed by atoms with van der Waals surface area (Å²) in [6.45, 7) is 0.968. The number of hydrogen-bond acceptors (Lipinski definition) is 16. The molecule has 0 saturated carbocycles. The number of aliphatic carboxylic acids is 2. The Morgan fingerprint density at radius 1 is 0.524 bits per heavy atom. The molecule has 4 aromatic heterocycles. The average Bonchev–Trinajstić information content (AvgIpc) is 3.07. The largest absolute Gasteiger partial charge is 4.00 e. The van der Waals surface area contributed by atoms with Gasteiger partial charge in [0.25, 0.3) is 0 Å². The van der Waals surface area contributed by atoms with E-state index in [1.165, 1.54) is 0 Å². The molecule has 0 radical (unpaired) electrons. The van der Waals surface area contributed by atoms with Crippen LogP contribution in [0.1, 0.15) is 34.2 Å². The van der Waals surface area contributed by atoms with E-state index in [0.717, 1.165) is 34.2 Å². The average molecular weight is 1040 g/mol. The van der Waals surface area contributed by atoms with E-state index >= 15 is 0 Å². The summed E-state index contributed by atoms with van der Waals surface area (Å²) in [5.41, 5.74) is -6.52. The molecule has 0 aliphatic heterocycles. The minimum atomic E-state index is -6.09. The molecule has 4 aromatic rings. The number of aromatic nitrogens is 4. The third-order valence-electron chi connectivity index (χ3n) is 6.63. The van der Waals surface area contributed by atoms with Crippen LogP contribution in [-0.4, -0.2) is 103 Å². The molecule has 0 saturated heterocycles. The number of carboxylic acid groups (broad SMARTS) is 2. The van der Waals surface area contributed by atoms with Crippen LogP contribution >= 0.6 is 0 Å². The number of pyridine rings is 4. The van der Waals surface area contributed by atoms with E-state index in [1.807, 2.05) is 72.8 Å². The number of carbonyl (C=O) groups excluding carboxylic acids is 2. The maximum Gasteiger partial charge on any atom is 4.00 e. The number of rotatable bonds is 15. The molecule has 0 atom stereocenters. The van der Waals surface area contributed by atoms with Gasteiger partial charge >= 0.3 is 45.2 Å². The van der Waals surface area contributed by atoms with Gasteiger partial charge in [0.1, 0.15) is 0 Å². The van der Waals surface area contributed by atoms with Crippen LogP contribution in [-0.2, 0) is 119 Å². The molecule has 0 unspecified atom stereocenters. The molecular formula is C32H40F6Fe2N6O15S2+4. The van der Waals surface area contributed by atoms with Crippen molar-refractivity contribution in [3.8, 4) is 0 Å². The van der Waals surface area contributed by atoms with Crippen molar-refractivity contribution < 1.29 is 134 Å². The zero-order valence-electron chi connectivity index (χ0n) is 31.9. The van der Waals surface area contributed by atoms with Gasteiger partial charge in [-0.25, -0.2) is 16.8 Å². The van der Waals surface area contributed by atoms with Gasteiger partial charge in [0.15, 0.2) is 20.2 Å². The second kappa shape index (κ2) is 32.4. The molecule has 31 heteroatoms. The van der Waals surface area contributed by atoms with Gasteiger partial charge in [-0.2, -0.15) is 26.3 Å². The third kappa shape index (κ3) is 28.9. The van der Waals surface area contributed by atoms with Crippen molar-refractivity contribution in [3.05, 3.63) is 119 Å². The number of alkyl halides is 6. The monoisotopic (exact) mass is 1040 g/mol. The molecule has 0 aliphatic rings. The smallest absolute Gasteiger partial charge is 2.00 e. The van der Waals surface area contributed by atoms with Gasteiger partial charge in [-0.1, -0.05) is 24.3 Å². The second-order valence-electron chi connectivity index (χ2n) is 11.2. The van der Waals surface area contributed by atoms with E-state index in [2.05, 4.69) is 9.97 Å². The molecule has 63 heavy (non-hydrogen) atoms. The van der Waals surface area contributed by atoms with Crippen molar-refractivity contribution in [2.75, 3.05) is 13.1 Å². The number of carboxylic acids is 2. The van der Waals surface area contributed by atoms with E-state index in [0.29, 0.717) is 39.0 Å². The number of carbonyl (C=O) groups is 2. The summed E-state index contributed by atoms with van der Waals surface area (Å²) in [4.78, 5) is 44.1. The zero-order chi connectivity index (χ0) is 42.2. The Kier molecular flexibility index (Phi) is 36.2. The summed E-state index contributed by atoms with van der Waals surface area (Å²) in [6, 6.07) is 22.5. The first-order valence-electron chi connectivity index (χ1n) is 15.5. The Labute approximate surface area is 376 Å². The second-order valence-corrected chi connectivity index (χ2v) is 14.0. The molecular weight excluding hydrogens is 998 g/mol. The number of nitrogens with zero attached hydrogens (tertiary/aromatic N) is 6. The van der Waals surface area contributed by atoms with Gasteiger partial charge < -0.3 is 56.3 Å². The first kappa shape index (κ1) is 70.4. The SMILES string of the molecule is O.O.O=C([O-])CN(Cc1ccccn1)Cc1cccc(CCc2cccc(CN(CC(=O)[O-])Cc3ccccn3)n2)n1.O=S(=O)([O-])C(F)(F)F.O=S(=O)([O-])C(F)(F)F.[Fe+4].[Fe+4].[O-2].[OH3+].[OH3+]. The molecule has 0 aliphatic carbocycles. The van der Waals surface area contributed by atoms with Crippen LogP contribution in [0, 0.1) is 0 Å². The van der Waals surface area contributed by atoms with Crippen molar-refractivity contribution in [1.29, 1.82) is 0 Å². The topological polar surface area (TPSA) is 410 Å². The summed E-state index contributed by atoms with van der Waals surface area (Å²) < 4.78 is 118. The van der Waals surface area contributed by atoms with Crippen molar-refractivity contribution in [2.24, 2.45) is 0 Å². The molecule has 0 bridgehead atoms. The van der Waals surface area contributed by atoms with Crippen molar-refractivity contribution >= 4 is 32.2 Å². The normalized spacial score (nSPS) is 10.6. The summed E-state index contributed by atoms with van der Waals surface area (Å²) in [5.74, 6) is -2.31. The van der Waals surface area contributed by atoms with Crippen molar-refractivity contribution in [2.45, 2.75) is 50.0 Å². The van der Waals surface area contributed by atoms with Crippen LogP contribution in [0.3, 0.4) is 0 Å². The Hall–Kier alpha value is -4.30.